The summed E-state index contributed by atoms with van der Waals surface area (Å²) in [5.41, 5.74) is 6.43. The van der Waals surface area contributed by atoms with Crippen LogP contribution in [0.3, 0.4) is 0 Å². The molecule has 0 radical (unpaired) electrons. The average molecular weight is 397 g/mol. The molecule has 0 spiro atoms. The van der Waals surface area contributed by atoms with Crippen LogP contribution in [0.1, 0.15) is 50.2 Å². The molecule has 2 aromatic heterocycles. The minimum Gasteiger partial charge on any atom is -0.334 e. The van der Waals surface area contributed by atoms with Gasteiger partial charge >= 0.3 is 0 Å². The molecule has 0 unspecified atom stereocenters. The Kier molecular flexibility index (Phi) is 3.88. The minimum atomic E-state index is -0.221. The standard InChI is InChI=1S/C26H28N4/c1-25(2)19-11-7-9-17(13-19)24-28-22(16-30(24)6)26(3,4)20-12-8-10-18(14-20)23-27-21(25)15-29(23)5/h7-16H,1-6H3. The van der Waals surface area contributed by atoms with Crippen LogP contribution in [-0.2, 0) is 24.9 Å². The molecule has 0 amide bonds. The van der Waals surface area contributed by atoms with E-state index < -0.39 is 0 Å². The summed E-state index contributed by atoms with van der Waals surface area (Å²) < 4.78 is 4.29. The fraction of sp³-hybridized carbons (Fsp3) is 0.308. The molecule has 4 nitrogen and oxygen atoms in total. The normalized spacial score (nSPS) is 16.2. The number of rotatable bonds is 0. The summed E-state index contributed by atoms with van der Waals surface area (Å²) >= 11 is 0. The molecule has 1 aliphatic rings. The fourth-order valence-electron chi connectivity index (χ4n) is 4.46. The molecule has 152 valence electrons. The first-order valence-corrected chi connectivity index (χ1v) is 10.5. The van der Waals surface area contributed by atoms with E-state index >= 15 is 0 Å². The monoisotopic (exact) mass is 396 g/mol. The van der Waals surface area contributed by atoms with Gasteiger partial charge in [-0.3, -0.25) is 0 Å². The van der Waals surface area contributed by atoms with Crippen molar-refractivity contribution in [3.63, 3.8) is 0 Å². The summed E-state index contributed by atoms with van der Waals surface area (Å²) in [6.45, 7) is 8.97. The smallest absolute Gasteiger partial charge is 0.140 e. The van der Waals surface area contributed by atoms with Crippen molar-refractivity contribution >= 4 is 0 Å². The Balaban J connectivity index is 1.86. The number of nitrogens with zero attached hydrogens (tertiary/aromatic N) is 4. The Morgan fingerprint density at radius 2 is 1.03 bits per heavy atom. The van der Waals surface area contributed by atoms with Crippen LogP contribution in [0.2, 0.25) is 0 Å². The fourth-order valence-corrected chi connectivity index (χ4v) is 4.46. The molecule has 8 bridgehead atoms. The molecule has 4 heteroatoms. The highest BCUT2D eigenvalue weighted by Gasteiger charge is 2.31. The zero-order chi connectivity index (χ0) is 21.3. The summed E-state index contributed by atoms with van der Waals surface area (Å²) in [6.07, 6.45) is 4.33. The summed E-state index contributed by atoms with van der Waals surface area (Å²) in [4.78, 5) is 10.2. The van der Waals surface area contributed by atoms with Gasteiger partial charge in [0, 0.05) is 48.4 Å². The number of hydrogen-bond acceptors (Lipinski definition) is 2. The second-order valence-corrected chi connectivity index (χ2v) is 9.53. The second-order valence-electron chi connectivity index (χ2n) is 9.53. The summed E-state index contributed by atoms with van der Waals surface area (Å²) in [5.74, 6) is 1.98. The lowest BCUT2D eigenvalue weighted by Crippen LogP contribution is -2.20. The summed E-state index contributed by atoms with van der Waals surface area (Å²) in [7, 11) is 4.16. The predicted octanol–water partition coefficient (Wildman–Crippen LogP) is 5.45. The molecule has 4 aromatic rings. The van der Waals surface area contributed by atoms with Crippen molar-refractivity contribution < 1.29 is 0 Å². The van der Waals surface area contributed by atoms with Gasteiger partial charge < -0.3 is 9.13 Å². The zero-order valence-electron chi connectivity index (χ0n) is 18.6. The van der Waals surface area contributed by atoms with Gasteiger partial charge in [0.2, 0.25) is 0 Å². The van der Waals surface area contributed by atoms with Crippen molar-refractivity contribution in [2.75, 3.05) is 0 Å². The number of aryl methyl sites for hydroxylation is 2. The highest BCUT2D eigenvalue weighted by atomic mass is 15.1. The SMILES string of the molecule is Cn1cc2nc1-c1cccc(c1)C(C)(C)c1cn(C)c(n1)-c1cccc(c1)C2(C)C. The predicted molar refractivity (Wildman–Crippen MR) is 122 cm³/mol. The van der Waals surface area contributed by atoms with E-state index in [-0.39, 0.29) is 10.8 Å². The van der Waals surface area contributed by atoms with Crippen molar-refractivity contribution in [1.82, 2.24) is 19.1 Å². The third-order valence-corrected chi connectivity index (χ3v) is 6.72. The van der Waals surface area contributed by atoms with E-state index in [9.17, 15) is 0 Å². The number of hydrogen-bond donors (Lipinski definition) is 0. The van der Waals surface area contributed by atoms with E-state index in [1.165, 1.54) is 11.1 Å². The first-order valence-electron chi connectivity index (χ1n) is 10.5. The van der Waals surface area contributed by atoms with E-state index in [1.54, 1.807) is 0 Å². The van der Waals surface area contributed by atoms with E-state index in [0.717, 1.165) is 34.2 Å². The number of imidazole rings is 2. The molecule has 1 aliphatic heterocycles. The van der Waals surface area contributed by atoms with Crippen LogP contribution in [0, 0.1) is 0 Å². The Morgan fingerprint density at radius 1 is 0.633 bits per heavy atom. The van der Waals surface area contributed by atoms with E-state index in [1.807, 2.05) is 0 Å². The third-order valence-electron chi connectivity index (χ3n) is 6.72. The van der Waals surface area contributed by atoms with Gasteiger partial charge in [-0.25, -0.2) is 9.97 Å². The number of benzene rings is 2. The van der Waals surface area contributed by atoms with Gasteiger partial charge in [0.1, 0.15) is 11.6 Å². The van der Waals surface area contributed by atoms with Crippen LogP contribution >= 0.6 is 0 Å². The summed E-state index contributed by atoms with van der Waals surface area (Å²) in [6, 6.07) is 17.5. The topological polar surface area (TPSA) is 35.6 Å². The van der Waals surface area contributed by atoms with Crippen molar-refractivity contribution in [1.29, 1.82) is 0 Å². The van der Waals surface area contributed by atoms with E-state index in [4.69, 9.17) is 9.97 Å². The van der Waals surface area contributed by atoms with E-state index in [2.05, 4.69) is 112 Å². The second kappa shape index (κ2) is 6.18. The van der Waals surface area contributed by atoms with Gasteiger partial charge in [-0.15, -0.1) is 0 Å². The van der Waals surface area contributed by atoms with Crippen molar-refractivity contribution in [2.45, 2.75) is 38.5 Å². The molecular formula is C26H28N4. The first-order chi connectivity index (χ1) is 14.2. The van der Waals surface area contributed by atoms with Crippen LogP contribution in [-0.4, -0.2) is 19.1 Å². The maximum absolute atomic E-state index is 5.10. The Morgan fingerprint density at radius 3 is 1.43 bits per heavy atom. The lowest BCUT2D eigenvalue weighted by Gasteiger charge is -2.24. The molecule has 0 saturated heterocycles. The maximum Gasteiger partial charge on any atom is 0.140 e. The molecule has 0 fully saturated rings. The molecule has 0 saturated carbocycles. The van der Waals surface area contributed by atoms with Gasteiger partial charge in [0.15, 0.2) is 0 Å². The van der Waals surface area contributed by atoms with Gasteiger partial charge in [-0.1, -0.05) is 64.1 Å². The highest BCUT2D eigenvalue weighted by molar-refractivity contribution is 5.62. The lowest BCUT2D eigenvalue weighted by atomic mass is 9.80. The molecule has 0 N–H and O–H groups in total. The lowest BCUT2D eigenvalue weighted by molar-refractivity contribution is 0.618. The Labute approximate surface area is 178 Å². The molecule has 3 heterocycles. The minimum absolute atomic E-state index is 0.221. The third kappa shape index (κ3) is 2.67. The molecule has 2 aromatic carbocycles. The van der Waals surface area contributed by atoms with Gasteiger partial charge in [-0.05, 0) is 23.3 Å². The average Bonchev–Trinajstić information content (AvgIpc) is 3.31. The van der Waals surface area contributed by atoms with Crippen molar-refractivity contribution in [3.05, 3.63) is 83.4 Å². The molecule has 0 aliphatic carbocycles. The van der Waals surface area contributed by atoms with Crippen molar-refractivity contribution in [2.24, 2.45) is 14.1 Å². The quantitative estimate of drug-likeness (QED) is 0.396. The van der Waals surface area contributed by atoms with Crippen LogP contribution < -0.4 is 0 Å². The van der Waals surface area contributed by atoms with E-state index in [0.29, 0.717) is 0 Å². The van der Waals surface area contributed by atoms with Crippen LogP contribution in [0.25, 0.3) is 22.8 Å². The molecule has 5 rings (SSSR count). The Bertz CT molecular complexity index is 1170. The number of fused-ring (bicyclic) bond motifs is 10. The van der Waals surface area contributed by atoms with Crippen LogP contribution in [0.4, 0.5) is 0 Å². The zero-order valence-corrected chi connectivity index (χ0v) is 18.6. The first kappa shape index (κ1) is 18.9. The maximum atomic E-state index is 5.10. The molecular weight excluding hydrogens is 368 g/mol. The van der Waals surface area contributed by atoms with Crippen molar-refractivity contribution in [3.8, 4) is 22.8 Å². The largest absolute Gasteiger partial charge is 0.334 e. The summed E-state index contributed by atoms with van der Waals surface area (Å²) in [5, 5.41) is 0. The highest BCUT2D eigenvalue weighted by Crippen LogP contribution is 2.38. The molecule has 0 atom stereocenters. The van der Waals surface area contributed by atoms with Crippen LogP contribution in [0.15, 0.2) is 60.9 Å². The van der Waals surface area contributed by atoms with Gasteiger partial charge in [0.05, 0.1) is 11.4 Å². The van der Waals surface area contributed by atoms with Gasteiger partial charge in [-0.2, -0.15) is 0 Å². The molecule has 30 heavy (non-hydrogen) atoms. The Hall–Kier alpha value is -3.14. The van der Waals surface area contributed by atoms with Gasteiger partial charge in [0.25, 0.3) is 0 Å². The number of aromatic nitrogens is 4. The van der Waals surface area contributed by atoms with Crippen LogP contribution in [0.5, 0.6) is 0 Å².